The standard InChI is InChI=1S/C19H20N2O6S/c1-14(12-26-28(2,24)25)27-19(23)21-18-9-5-16(6-10-18)11-15-3-7-17(8-4-15)20-13-22/h3-10,14H,11-12H2,1-2H3,(H,21,23). The van der Waals surface area contributed by atoms with Gasteiger partial charge in [0.1, 0.15) is 12.7 Å². The molecule has 8 nitrogen and oxygen atoms in total. The number of hydrogen-bond donors (Lipinski definition) is 1. The average Bonchev–Trinajstić information content (AvgIpc) is 2.63. The number of aliphatic imine (C=N–C) groups is 1. The van der Waals surface area contributed by atoms with Gasteiger partial charge < -0.3 is 4.74 Å². The number of benzene rings is 2. The summed E-state index contributed by atoms with van der Waals surface area (Å²) < 4.78 is 31.5. The van der Waals surface area contributed by atoms with Crippen LogP contribution in [0.1, 0.15) is 18.1 Å². The largest absolute Gasteiger partial charge is 0.444 e. The van der Waals surface area contributed by atoms with E-state index in [2.05, 4.69) is 14.5 Å². The first kappa shape index (κ1) is 21.3. The molecule has 0 aromatic heterocycles. The van der Waals surface area contributed by atoms with Gasteiger partial charge in [-0.25, -0.2) is 9.59 Å². The second kappa shape index (κ2) is 9.80. The lowest BCUT2D eigenvalue weighted by atomic mass is 10.0. The summed E-state index contributed by atoms with van der Waals surface area (Å²) in [4.78, 5) is 25.6. The number of hydrogen-bond acceptors (Lipinski definition) is 7. The van der Waals surface area contributed by atoms with E-state index in [1.54, 1.807) is 24.3 Å². The summed E-state index contributed by atoms with van der Waals surface area (Å²) in [6.45, 7) is 1.28. The first-order valence-corrected chi connectivity index (χ1v) is 10.1. The number of rotatable bonds is 8. The molecule has 2 rings (SSSR count). The normalized spacial score (nSPS) is 11.9. The number of carbonyl (C=O) groups is 1. The Morgan fingerprint density at radius 3 is 2.21 bits per heavy atom. The van der Waals surface area contributed by atoms with Crippen LogP contribution in [0.5, 0.6) is 0 Å². The molecule has 0 spiro atoms. The van der Waals surface area contributed by atoms with Gasteiger partial charge in [0.05, 0.1) is 11.9 Å². The summed E-state index contributed by atoms with van der Waals surface area (Å²) in [6.07, 6.45) is 1.67. The van der Waals surface area contributed by atoms with Crippen molar-refractivity contribution in [3.63, 3.8) is 0 Å². The molecule has 0 saturated heterocycles. The van der Waals surface area contributed by atoms with Crippen molar-refractivity contribution >= 4 is 33.7 Å². The van der Waals surface area contributed by atoms with Gasteiger partial charge in [0.15, 0.2) is 0 Å². The fourth-order valence-corrected chi connectivity index (χ4v) is 2.70. The highest BCUT2D eigenvalue weighted by molar-refractivity contribution is 7.85. The maximum absolute atomic E-state index is 11.8. The Bertz CT molecular complexity index is 949. The van der Waals surface area contributed by atoms with E-state index in [-0.39, 0.29) is 6.61 Å². The molecule has 0 aliphatic rings. The molecule has 0 aliphatic heterocycles. The van der Waals surface area contributed by atoms with Crippen molar-refractivity contribution in [3.8, 4) is 0 Å². The van der Waals surface area contributed by atoms with Crippen molar-refractivity contribution < 1.29 is 26.9 Å². The number of carbonyl (C=O) groups excluding carboxylic acids is 2. The molecule has 0 fully saturated rings. The Morgan fingerprint density at radius 1 is 1.11 bits per heavy atom. The summed E-state index contributed by atoms with van der Waals surface area (Å²) in [5, 5.41) is 2.57. The van der Waals surface area contributed by atoms with E-state index in [0.29, 0.717) is 17.8 Å². The Morgan fingerprint density at radius 2 is 1.68 bits per heavy atom. The van der Waals surface area contributed by atoms with Crippen molar-refractivity contribution in [3.05, 3.63) is 59.7 Å². The summed E-state index contributed by atoms with van der Waals surface area (Å²) in [5.74, 6) is 0. The molecule has 28 heavy (non-hydrogen) atoms. The number of nitrogens with zero attached hydrogens (tertiary/aromatic N) is 1. The van der Waals surface area contributed by atoms with Crippen LogP contribution in [0.4, 0.5) is 16.2 Å². The monoisotopic (exact) mass is 404 g/mol. The van der Waals surface area contributed by atoms with E-state index < -0.39 is 22.3 Å². The van der Waals surface area contributed by atoms with Gasteiger partial charge in [-0.15, -0.1) is 0 Å². The molecule has 0 radical (unpaired) electrons. The topological polar surface area (TPSA) is 111 Å². The molecule has 0 bridgehead atoms. The molecule has 0 aliphatic carbocycles. The van der Waals surface area contributed by atoms with Gasteiger partial charge in [-0.1, -0.05) is 24.3 Å². The smallest absolute Gasteiger partial charge is 0.411 e. The average molecular weight is 404 g/mol. The van der Waals surface area contributed by atoms with Gasteiger partial charge in [-0.2, -0.15) is 13.4 Å². The third-order valence-corrected chi connectivity index (χ3v) is 4.11. The van der Waals surface area contributed by atoms with Gasteiger partial charge in [-0.05, 0) is 48.7 Å². The second-order valence-corrected chi connectivity index (χ2v) is 7.72. The quantitative estimate of drug-likeness (QED) is 0.411. The highest BCUT2D eigenvalue weighted by atomic mass is 32.2. The van der Waals surface area contributed by atoms with Crippen LogP contribution in [0, 0.1) is 0 Å². The zero-order valence-corrected chi connectivity index (χ0v) is 16.2. The van der Waals surface area contributed by atoms with Crippen LogP contribution in [0.15, 0.2) is 53.5 Å². The minimum atomic E-state index is -3.58. The van der Waals surface area contributed by atoms with Gasteiger partial charge in [0.2, 0.25) is 6.08 Å². The maximum Gasteiger partial charge on any atom is 0.411 e. The summed E-state index contributed by atoms with van der Waals surface area (Å²) in [5.41, 5.74) is 3.17. The van der Waals surface area contributed by atoms with Crippen molar-refractivity contribution in [1.29, 1.82) is 0 Å². The minimum absolute atomic E-state index is 0.248. The SMILES string of the molecule is CC(COS(C)(=O)=O)OC(=O)Nc1ccc(Cc2ccc(N=C=O)cc2)cc1. The maximum atomic E-state index is 11.8. The third-order valence-electron chi connectivity index (χ3n) is 3.54. The van der Waals surface area contributed by atoms with Gasteiger partial charge in [-0.3, -0.25) is 9.50 Å². The minimum Gasteiger partial charge on any atom is -0.444 e. The van der Waals surface area contributed by atoms with Crippen molar-refractivity contribution in [1.82, 2.24) is 0 Å². The molecule has 0 heterocycles. The lowest BCUT2D eigenvalue weighted by Gasteiger charge is -2.13. The number of ether oxygens (including phenoxy) is 1. The lowest BCUT2D eigenvalue weighted by Crippen LogP contribution is -2.25. The highest BCUT2D eigenvalue weighted by Crippen LogP contribution is 2.17. The van der Waals surface area contributed by atoms with Crippen molar-refractivity contribution in [2.24, 2.45) is 4.99 Å². The summed E-state index contributed by atoms with van der Waals surface area (Å²) >= 11 is 0. The van der Waals surface area contributed by atoms with Crippen LogP contribution >= 0.6 is 0 Å². The molecule has 2 aromatic rings. The fourth-order valence-electron chi connectivity index (χ4n) is 2.27. The lowest BCUT2D eigenvalue weighted by molar-refractivity contribution is 0.0877. The molecule has 0 saturated carbocycles. The molecule has 148 valence electrons. The molecule has 1 atom stereocenters. The predicted molar refractivity (Wildman–Crippen MR) is 104 cm³/mol. The molecule has 1 N–H and O–H groups in total. The van der Waals surface area contributed by atoms with Crippen LogP contribution in [0.3, 0.4) is 0 Å². The zero-order valence-electron chi connectivity index (χ0n) is 15.4. The van der Waals surface area contributed by atoms with Crippen LogP contribution < -0.4 is 5.32 Å². The number of anilines is 1. The molecule has 2 aromatic carbocycles. The van der Waals surface area contributed by atoms with Crippen LogP contribution in [-0.2, 0) is 30.3 Å². The number of isocyanates is 1. The second-order valence-electron chi connectivity index (χ2n) is 6.07. The molecular formula is C19H20N2O6S. The Labute approximate surface area is 163 Å². The highest BCUT2D eigenvalue weighted by Gasteiger charge is 2.13. The van der Waals surface area contributed by atoms with Crippen LogP contribution in [0.2, 0.25) is 0 Å². The van der Waals surface area contributed by atoms with E-state index in [9.17, 15) is 18.0 Å². The third kappa shape index (κ3) is 7.71. The Balaban J connectivity index is 1.86. The van der Waals surface area contributed by atoms with E-state index >= 15 is 0 Å². The number of amides is 1. The first-order chi connectivity index (χ1) is 13.2. The molecule has 1 unspecified atom stereocenters. The zero-order chi connectivity index (χ0) is 20.6. The molecule has 9 heteroatoms. The van der Waals surface area contributed by atoms with E-state index in [1.165, 1.54) is 13.0 Å². The van der Waals surface area contributed by atoms with Gasteiger partial charge in [0, 0.05) is 5.69 Å². The number of nitrogens with one attached hydrogen (secondary N) is 1. The molecular weight excluding hydrogens is 384 g/mol. The Kier molecular flexibility index (Phi) is 7.45. The van der Waals surface area contributed by atoms with E-state index in [4.69, 9.17) is 4.74 Å². The first-order valence-electron chi connectivity index (χ1n) is 8.33. The van der Waals surface area contributed by atoms with Crippen LogP contribution in [-0.4, -0.2) is 39.6 Å². The van der Waals surface area contributed by atoms with E-state index in [0.717, 1.165) is 17.4 Å². The van der Waals surface area contributed by atoms with E-state index in [1.807, 2.05) is 24.3 Å². The molecule has 1 amide bonds. The van der Waals surface area contributed by atoms with Gasteiger partial charge >= 0.3 is 6.09 Å². The van der Waals surface area contributed by atoms with Crippen molar-refractivity contribution in [2.75, 3.05) is 18.2 Å². The predicted octanol–water partition coefficient (Wildman–Crippen LogP) is 3.16. The summed E-state index contributed by atoms with van der Waals surface area (Å²) in [7, 11) is -3.58. The summed E-state index contributed by atoms with van der Waals surface area (Å²) in [6, 6.07) is 14.4. The fraction of sp³-hybridized carbons (Fsp3) is 0.263. The van der Waals surface area contributed by atoms with Gasteiger partial charge in [0.25, 0.3) is 10.1 Å². The Hall–Kier alpha value is -3.00. The van der Waals surface area contributed by atoms with Crippen LogP contribution in [0.25, 0.3) is 0 Å². The van der Waals surface area contributed by atoms with Crippen molar-refractivity contribution in [2.45, 2.75) is 19.4 Å².